The van der Waals surface area contributed by atoms with Crippen LogP contribution in [0.1, 0.15) is 106 Å². The molecule has 0 saturated carbocycles. The highest BCUT2D eigenvalue weighted by molar-refractivity contribution is 5.76. The van der Waals surface area contributed by atoms with Crippen molar-refractivity contribution in [2.75, 3.05) is 0 Å². The van der Waals surface area contributed by atoms with Crippen molar-refractivity contribution in [1.82, 2.24) is 19.9 Å². The quantitative estimate of drug-likeness (QED) is 0.413. The fourth-order valence-electron chi connectivity index (χ4n) is 2.91. The third-order valence-corrected chi connectivity index (χ3v) is 5.15. The second-order valence-electron chi connectivity index (χ2n) is 12.5. The molecule has 2 heterocycles. The first-order valence-corrected chi connectivity index (χ1v) is 11.0. The minimum atomic E-state index is 0.0704. The number of rotatable bonds is 0. The zero-order chi connectivity index (χ0) is 23.1. The molecular formula is C26H42N4. The second kappa shape index (κ2) is 7.86. The summed E-state index contributed by atoms with van der Waals surface area (Å²) in [6.07, 6.45) is 1.95. The molecule has 0 aliphatic rings. The van der Waals surface area contributed by atoms with Crippen LogP contribution < -0.4 is 0 Å². The van der Waals surface area contributed by atoms with Gasteiger partial charge >= 0.3 is 0 Å². The molecule has 30 heavy (non-hydrogen) atoms. The topological polar surface area (TPSA) is 57.4 Å². The molecule has 2 aromatic heterocycles. The van der Waals surface area contributed by atoms with E-state index in [1.165, 1.54) is 11.3 Å². The molecule has 0 aliphatic carbocycles. The average Bonchev–Trinajstić information content (AvgIpc) is 3.20. The molecule has 0 amide bonds. The molecular weight excluding hydrogens is 368 g/mol. The van der Waals surface area contributed by atoms with Crippen molar-refractivity contribution in [2.45, 2.75) is 105 Å². The maximum Gasteiger partial charge on any atom is 0.112 e. The van der Waals surface area contributed by atoms with E-state index in [0.29, 0.717) is 0 Å². The fraction of sp³-hybridized carbons (Fsp3) is 0.615. The van der Waals surface area contributed by atoms with Gasteiger partial charge in [-0.2, -0.15) is 0 Å². The van der Waals surface area contributed by atoms with Gasteiger partial charge in [0.15, 0.2) is 0 Å². The largest absolute Gasteiger partial charge is 0.345 e. The van der Waals surface area contributed by atoms with Crippen LogP contribution in [0.5, 0.6) is 0 Å². The van der Waals surface area contributed by atoms with Crippen molar-refractivity contribution in [3.8, 4) is 0 Å². The molecule has 2 N–H and O–H groups in total. The Morgan fingerprint density at radius 2 is 1.20 bits per heavy atom. The molecule has 0 bridgehead atoms. The van der Waals surface area contributed by atoms with Crippen LogP contribution in [0.4, 0.5) is 0 Å². The van der Waals surface area contributed by atoms with Crippen LogP contribution in [-0.2, 0) is 21.7 Å². The summed E-state index contributed by atoms with van der Waals surface area (Å²) in [5.41, 5.74) is 5.28. The predicted molar refractivity (Wildman–Crippen MR) is 129 cm³/mol. The molecule has 0 unspecified atom stereocenters. The van der Waals surface area contributed by atoms with Gasteiger partial charge in [-0.3, -0.25) is 0 Å². The summed E-state index contributed by atoms with van der Waals surface area (Å²) < 4.78 is 0. The lowest BCUT2D eigenvalue weighted by Gasteiger charge is -2.18. The first kappa shape index (κ1) is 24.2. The number of fused-ring (bicyclic) bond motifs is 1. The summed E-state index contributed by atoms with van der Waals surface area (Å²) in [5.74, 6) is 2.12. The highest BCUT2D eigenvalue weighted by Crippen LogP contribution is 2.28. The third kappa shape index (κ3) is 5.96. The molecule has 0 spiro atoms. The van der Waals surface area contributed by atoms with Crippen molar-refractivity contribution < 1.29 is 0 Å². The molecule has 0 saturated heterocycles. The summed E-state index contributed by atoms with van der Waals surface area (Å²) >= 11 is 0. The zero-order valence-corrected chi connectivity index (χ0v) is 21.2. The number of nitrogens with zero attached hydrogens (tertiary/aromatic N) is 2. The van der Waals surface area contributed by atoms with Crippen molar-refractivity contribution in [3.05, 3.63) is 47.3 Å². The van der Waals surface area contributed by atoms with Gasteiger partial charge < -0.3 is 9.97 Å². The predicted octanol–water partition coefficient (Wildman–Crippen LogP) is 7.16. The van der Waals surface area contributed by atoms with Crippen LogP contribution in [0.25, 0.3) is 11.0 Å². The average molecular weight is 411 g/mol. The summed E-state index contributed by atoms with van der Waals surface area (Å²) in [5, 5.41) is 0. The number of hydrogen-bond donors (Lipinski definition) is 2. The Balaban J connectivity index is 0.000000222. The fourth-order valence-corrected chi connectivity index (χ4v) is 2.91. The molecule has 3 rings (SSSR count). The number of H-pyrrole nitrogens is 2. The lowest BCUT2D eigenvalue weighted by Crippen LogP contribution is -2.15. The van der Waals surface area contributed by atoms with Crippen LogP contribution in [0.15, 0.2) is 24.4 Å². The van der Waals surface area contributed by atoms with Crippen LogP contribution >= 0.6 is 0 Å². The molecule has 0 fully saturated rings. The number of aromatic nitrogens is 4. The number of aromatic amines is 2. The van der Waals surface area contributed by atoms with Gasteiger partial charge in [-0.05, 0) is 23.1 Å². The number of benzene rings is 1. The molecule has 166 valence electrons. The highest BCUT2D eigenvalue weighted by Gasteiger charge is 2.22. The molecule has 4 nitrogen and oxygen atoms in total. The molecule has 3 aromatic rings. The van der Waals surface area contributed by atoms with E-state index in [1.54, 1.807) is 0 Å². The number of nitrogens with one attached hydrogen (secondary N) is 2. The van der Waals surface area contributed by atoms with Gasteiger partial charge in [0, 0.05) is 28.1 Å². The summed E-state index contributed by atoms with van der Waals surface area (Å²) in [4.78, 5) is 15.9. The first-order valence-electron chi connectivity index (χ1n) is 11.0. The van der Waals surface area contributed by atoms with Gasteiger partial charge in [0.25, 0.3) is 0 Å². The minimum absolute atomic E-state index is 0.0704. The van der Waals surface area contributed by atoms with E-state index in [-0.39, 0.29) is 21.7 Å². The van der Waals surface area contributed by atoms with Crippen LogP contribution in [0, 0.1) is 0 Å². The zero-order valence-electron chi connectivity index (χ0n) is 21.2. The van der Waals surface area contributed by atoms with Gasteiger partial charge in [-0.25, -0.2) is 9.97 Å². The van der Waals surface area contributed by atoms with E-state index in [2.05, 4.69) is 121 Å². The molecule has 0 aliphatic heterocycles. The Labute approximate surface area is 183 Å². The Morgan fingerprint density at radius 1 is 0.633 bits per heavy atom. The van der Waals surface area contributed by atoms with Crippen LogP contribution in [-0.4, -0.2) is 19.9 Å². The monoisotopic (exact) mass is 410 g/mol. The maximum atomic E-state index is 4.65. The third-order valence-electron chi connectivity index (χ3n) is 5.15. The molecule has 4 heteroatoms. The van der Waals surface area contributed by atoms with E-state index in [1.807, 2.05) is 6.20 Å². The molecule has 0 radical (unpaired) electrons. The summed E-state index contributed by atoms with van der Waals surface area (Å²) in [7, 11) is 0. The maximum absolute atomic E-state index is 4.65. The van der Waals surface area contributed by atoms with Crippen LogP contribution in [0.2, 0.25) is 0 Å². The Hall–Kier alpha value is -2.10. The van der Waals surface area contributed by atoms with Gasteiger partial charge in [-0.1, -0.05) is 89.2 Å². The van der Waals surface area contributed by atoms with E-state index in [4.69, 9.17) is 0 Å². The molecule has 1 aromatic carbocycles. The van der Waals surface area contributed by atoms with Gasteiger partial charge in [0.2, 0.25) is 0 Å². The SMILES string of the molecule is CC(C)(C)c1ccc2nc(C(C)(C)C)[nH]c2c1.CC(C)(C)c1cnc(C(C)(C)C)[nH]1. The van der Waals surface area contributed by atoms with E-state index >= 15 is 0 Å². The van der Waals surface area contributed by atoms with Crippen molar-refractivity contribution in [2.24, 2.45) is 0 Å². The number of hydrogen-bond acceptors (Lipinski definition) is 2. The van der Waals surface area contributed by atoms with Crippen molar-refractivity contribution >= 4 is 11.0 Å². The second-order valence-corrected chi connectivity index (χ2v) is 12.5. The van der Waals surface area contributed by atoms with E-state index in [0.717, 1.165) is 22.7 Å². The van der Waals surface area contributed by atoms with E-state index in [9.17, 15) is 0 Å². The lowest BCUT2D eigenvalue weighted by atomic mass is 9.87. The number of imidazole rings is 2. The van der Waals surface area contributed by atoms with Crippen molar-refractivity contribution in [3.63, 3.8) is 0 Å². The Bertz CT molecular complexity index is 937. The smallest absolute Gasteiger partial charge is 0.112 e. The summed E-state index contributed by atoms with van der Waals surface area (Å²) in [6.45, 7) is 26.3. The minimum Gasteiger partial charge on any atom is -0.345 e. The van der Waals surface area contributed by atoms with Gasteiger partial charge in [0.05, 0.1) is 11.0 Å². The molecule has 0 atom stereocenters. The van der Waals surface area contributed by atoms with Gasteiger partial charge in [0.1, 0.15) is 11.6 Å². The normalized spacial score (nSPS) is 13.3. The summed E-state index contributed by atoms with van der Waals surface area (Å²) in [6, 6.07) is 6.51. The Morgan fingerprint density at radius 3 is 1.60 bits per heavy atom. The van der Waals surface area contributed by atoms with Gasteiger partial charge in [-0.15, -0.1) is 0 Å². The van der Waals surface area contributed by atoms with Crippen LogP contribution in [0.3, 0.4) is 0 Å². The first-order chi connectivity index (χ1) is 13.4. The standard InChI is InChI=1S/C15H22N2.C11H20N2/c1-14(2,3)10-7-8-11-12(9-10)17-13(16-11)15(4,5)6;1-10(2,3)8-7-12-9(13-8)11(4,5)6/h7-9H,1-6H3,(H,16,17);7H,1-6H3,(H,12,13). The lowest BCUT2D eigenvalue weighted by molar-refractivity contribution is 0.535. The highest BCUT2D eigenvalue weighted by atomic mass is 14.9. The van der Waals surface area contributed by atoms with E-state index < -0.39 is 0 Å². The van der Waals surface area contributed by atoms with Crippen molar-refractivity contribution in [1.29, 1.82) is 0 Å². The Kier molecular flexibility index (Phi) is 6.34.